The fourth-order valence-corrected chi connectivity index (χ4v) is 5.05. The van der Waals surface area contributed by atoms with Crippen molar-refractivity contribution in [2.45, 2.75) is 63.4 Å². The summed E-state index contributed by atoms with van der Waals surface area (Å²) < 4.78 is 5.32. The van der Waals surface area contributed by atoms with Crippen LogP contribution in [0, 0.1) is 5.92 Å². The Morgan fingerprint density at radius 3 is 2.68 bits per heavy atom. The maximum atomic E-state index is 13.5. The zero-order valence-corrected chi connectivity index (χ0v) is 18.2. The Kier molecular flexibility index (Phi) is 6.42. The van der Waals surface area contributed by atoms with E-state index in [0.717, 1.165) is 61.6 Å². The van der Waals surface area contributed by atoms with Crippen LogP contribution in [0.3, 0.4) is 0 Å². The number of rotatable bonds is 6. The van der Waals surface area contributed by atoms with E-state index in [4.69, 9.17) is 4.74 Å². The van der Waals surface area contributed by atoms with E-state index >= 15 is 0 Å². The molecule has 2 aromatic rings. The quantitative estimate of drug-likeness (QED) is 0.708. The van der Waals surface area contributed by atoms with E-state index in [1.165, 1.54) is 0 Å². The van der Waals surface area contributed by atoms with Crippen LogP contribution in [0.5, 0.6) is 5.75 Å². The molecule has 0 aromatic heterocycles. The van der Waals surface area contributed by atoms with Crippen molar-refractivity contribution in [2.75, 3.05) is 12.4 Å². The lowest BCUT2D eigenvalue weighted by Crippen LogP contribution is -2.51. The van der Waals surface area contributed by atoms with Crippen LogP contribution < -0.4 is 10.1 Å². The van der Waals surface area contributed by atoms with E-state index in [1.54, 1.807) is 19.2 Å². The van der Waals surface area contributed by atoms with Crippen LogP contribution in [0.15, 0.2) is 42.5 Å². The normalized spacial score (nSPS) is 18.7. The number of benzene rings is 2. The van der Waals surface area contributed by atoms with Gasteiger partial charge in [0.1, 0.15) is 11.4 Å². The molecule has 5 heteroatoms. The number of aryl methyl sites for hydroxylation is 1. The number of Topliss-reactive ketones (excluding diaryl/α,β-unsaturated/α-hetero) is 1. The number of ether oxygens (including phenoxy) is 1. The highest BCUT2D eigenvalue weighted by molar-refractivity contribution is 6.01. The van der Waals surface area contributed by atoms with Crippen molar-refractivity contribution >= 4 is 17.4 Å². The van der Waals surface area contributed by atoms with Crippen molar-refractivity contribution in [1.29, 1.82) is 0 Å². The zero-order valence-electron chi connectivity index (χ0n) is 18.2. The Morgan fingerprint density at radius 1 is 1.10 bits per heavy atom. The number of methoxy groups -OCH3 is 1. The summed E-state index contributed by atoms with van der Waals surface area (Å²) in [6.07, 6.45) is 7.38. The van der Waals surface area contributed by atoms with E-state index < -0.39 is 5.60 Å². The van der Waals surface area contributed by atoms with Crippen LogP contribution in [-0.2, 0) is 17.6 Å². The van der Waals surface area contributed by atoms with E-state index in [0.29, 0.717) is 17.9 Å². The molecule has 1 atom stereocenters. The second-order valence-electron chi connectivity index (χ2n) is 8.89. The number of hydrogen-bond acceptors (Lipinski definition) is 4. The van der Waals surface area contributed by atoms with E-state index in [-0.39, 0.29) is 24.0 Å². The van der Waals surface area contributed by atoms with Gasteiger partial charge in [0, 0.05) is 24.1 Å². The van der Waals surface area contributed by atoms with Crippen molar-refractivity contribution < 1.29 is 19.4 Å². The molecular weight excluding hydrogens is 390 g/mol. The van der Waals surface area contributed by atoms with Crippen molar-refractivity contribution in [3.8, 4) is 5.75 Å². The second kappa shape index (κ2) is 9.23. The SMILES string of the molecule is COc1cccc(CC(O)(C(=O)Nc2ccc3c(c2)CCCC3=O)C2CCCCC2)c1. The lowest BCUT2D eigenvalue weighted by molar-refractivity contribution is -0.141. The summed E-state index contributed by atoms with van der Waals surface area (Å²) in [5.74, 6) is 0.412. The fraction of sp³-hybridized carbons (Fsp3) is 0.462. The van der Waals surface area contributed by atoms with Gasteiger partial charge in [-0.1, -0.05) is 31.4 Å². The lowest BCUT2D eigenvalue weighted by Gasteiger charge is -2.37. The monoisotopic (exact) mass is 421 g/mol. The molecule has 4 rings (SSSR count). The molecule has 1 fully saturated rings. The number of hydrogen-bond donors (Lipinski definition) is 2. The Bertz CT molecular complexity index is 964. The standard InChI is InChI=1S/C26H31NO4/c1-31-22-11-5-7-18(15-22)17-26(30,20-9-3-2-4-10-20)25(29)27-21-13-14-23-19(16-21)8-6-12-24(23)28/h5,7,11,13-16,20,30H,2-4,6,8-10,12,17H2,1H3,(H,27,29). The third kappa shape index (κ3) is 4.67. The molecule has 1 unspecified atom stereocenters. The average Bonchev–Trinajstić information content (AvgIpc) is 2.79. The van der Waals surface area contributed by atoms with Gasteiger partial charge >= 0.3 is 0 Å². The first-order chi connectivity index (χ1) is 15.0. The maximum Gasteiger partial charge on any atom is 0.256 e. The van der Waals surface area contributed by atoms with Gasteiger partial charge in [-0.25, -0.2) is 0 Å². The number of amides is 1. The first-order valence-electron chi connectivity index (χ1n) is 11.3. The number of fused-ring (bicyclic) bond motifs is 1. The topological polar surface area (TPSA) is 75.6 Å². The molecule has 0 bridgehead atoms. The summed E-state index contributed by atoms with van der Waals surface area (Å²) in [5, 5.41) is 14.7. The van der Waals surface area contributed by atoms with Crippen molar-refractivity contribution in [1.82, 2.24) is 0 Å². The molecule has 2 aromatic carbocycles. The van der Waals surface area contributed by atoms with E-state index in [9.17, 15) is 14.7 Å². The number of ketones is 1. The van der Waals surface area contributed by atoms with Gasteiger partial charge in [0.05, 0.1) is 7.11 Å². The number of nitrogens with one attached hydrogen (secondary N) is 1. The first-order valence-corrected chi connectivity index (χ1v) is 11.3. The predicted octanol–water partition coefficient (Wildman–Crippen LogP) is 4.71. The molecule has 0 spiro atoms. The molecule has 1 saturated carbocycles. The van der Waals surface area contributed by atoms with Crippen molar-refractivity contribution in [3.05, 3.63) is 59.2 Å². The largest absolute Gasteiger partial charge is 0.497 e. The van der Waals surface area contributed by atoms with Crippen LogP contribution in [-0.4, -0.2) is 29.5 Å². The molecule has 2 N–H and O–H groups in total. The van der Waals surface area contributed by atoms with Crippen LogP contribution in [0.4, 0.5) is 5.69 Å². The van der Waals surface area contributed by atoms with E-state index in [2.05, 4.69) is 5.32 Å². The molecule has 2 aliphatic carbocycles. The summed E-state index contributed by atoms with van der Waals surface area (Å²) in [5.41, 5.74) is 1.74. The highest BCUT2D eigenvalue weighted by Crippen LogP contribution is 2.36. The Balaban J connectivity index is 1.60. The average molecular weight is 422 g/mol. The third-order valence-electron chi connectivity index (χ3n) is 6.79. The van der Waals surface area contributed by atoms with Gasteiger partial charge in [0.25, 0.3) is 5.91 Å². The van der Waals surface area contributed by atoms with E-state index in [1.807, 2.05) is 30.3 Å². The van der Waals surface area contributed by atoms with Gasteiger partial charge in [0.2, 0.25) is 0 Å². The highest BCUT2D eigenvalue weighted by atomic mass is 16.5. The summed E-state index contributed by atoms with van der Waals surface area (Å²) in [6, 6.07) is 13.0. The van der Waals surface area contributed by atoms with Gasteiger partial charge in [-0.05, 0) is 73.1 Å². The van der Waals surface area contributed by atoms with Crippen molar-refractivity contribution in [2.24, 2.45) is 5.92 Å². The summed E-state index contributed by atoms with van der Waals surface area (Å²) >= 11 is 0. The molecule has 0 heterocycles. The molecule has 2 aliphatic rings. The molecule has 0 aliphatic heterocycles. The van der Waals surface area contributed by atoms with Crippen LogP contribution >= 0.6 is 0 Å². The van der Waals surface area contributed by atoms with Gasteiger partial charge in [0.15, 0.2) is 5.78 Å². The lowest BCUT2D eigenvalue weighted by atomic mass is 9.73. The van der Waals surface area contributed by atoms with Gasteiger partial charge < -0.3 is 15.2 Å². The molecule has 0 radical (unpaired) electrons. The summed E-state index contributed by atoms with van der Waals surface area (Å²) in [7, 11) is 1.61. The Morgan fingerprint density at radius 2 is 1.90 bits per heavy atom. The fourth-order valence-electron chi connectivity index (χ4n) is 5.05. The minimum atomic E-state index is -1.50. The summed E-state index contributed by atoms with van der Waals surface area (Å²) in [4.78, 5) is 25.6. The number of aliphatic hydroxyl groups is 1. The van der Waals surface area contributed by atoms with Crippen LogP contribution in [0.25, 0.3) is 0 Å². The zero-order chi connectivity index (χ0) is 21.8. The molecule has 1 amide bonds. The maximum absolute atomic E-state index is 13.5. The number of anilines is 1. The molecule has 0 saturated heterocycles. The smallest absolute Gasteiger partial charge is 0.256 e. The predicted molar refractivity (Wildman–Crippen MR) is 121 cm³/mol. The van der Waals surface area contributed by atoms with Gasteiger partial charge in [-0.3, -0.25) is 9.59 Å². The molecule has 5 nitrogen and oxygen atoms in total. The van der Waals surface area contributed by atoms with Crippen LogP contribution in [0.1, 0.15) is 66.4 Å². The highest BCUT2D eigenvalue weighted by Gasteiger charge is 2.44. The van der Waals surface area contributed by atoms with Crippen LogP contribution in [0.2, 0.25) is 0 Å². The van der Waals surface area contributed by atoms with Gasteiger partial charge in [-0.2, -0.15) is 0 Å². The van der Waals surface area contributed by atoms with Gasteiger partial charge in [-0.15, -0.1) is 0 Å². The Hall–Kier alpha value is -2.66. The number of carbonyl (C=O) groups excluding carboxylic acids is 2. The molecular formula is C26H31NO4. The van der Waals surface area contributed by atoms with Crippen molar-refractivity contribution in [3.63, 3.8) is 0 Å². The first kappa shape index (κ1) is 21.6. The Labute approximate surface area is 183 Å². The second-order valence-corrected chi connectivity index (χ2v) is 8.89. The number of carbonyl (C=O) groups is 2. The summed E-state index contributed by atoms with van der Waals surface area (Å²) in [6.45, 7) is 0. The minimum absolute atomic E-state index is 0.0911. The third-order valence-corrected chi connectivity index (χ3v) is 6.79. The minimum Gasteiger partial charge on any atom is -0.497 e. The molecule has 31 heavy (non-hydrogen) atoms. The molecule has 164 valence electrons.